The van der Waals surface area contributed by atoms with Gasteiger partial charge in [-0.25, -0.2) is 4.79 Å². The number of hydrogen-bond donors (Lipinski definition) is 1. The van der Waals surface area contributed by atoms with Crippen LogP contribution in [0.1, 0.15) is 13.8 Å². The lowest BCUT2D eigenvalue weighted by atomic mass is 10.7. The first-order valence-electron chi connectivity index (χ1n) is 4.25. The maximum Gasteiger partial charge on any atom is 0.390 e. The van der Waals surface area contributed by atoms with Crippen LogP contribution in [-0.4, -0.2) is 37.0 Å². The first kappa shape index (κ1) is 14.1. The van der Waals surface area contributed by atoms with Crippen molar-refractivity contribution in [2.45, 2.75) is 13.8 Å². The number of rotatable bonds is 6. The van der Waals surface area contributed by atoms with Crippen molar-refractivity contribution in [3.05, 3.63) is 0 Å². The summed E-state index contributed by atoms with van der Waals surface area (Å²) in [6.07, 6.45) is 0. The minimum Gasteiger partial charge on any atom is -0.464 e. The molecule has 0 bridgehead atoms. The molecule has 0 aliphatic rings. The number of esters is 1. The molecule has 0 saturated carbocycles. The van der Waals surface area contributed by atoms with E-state index < -0.39 is 19.0 Å². The van der Waals surface area contributed by atoms with Crippen molar-refractivity contribution in [1.29, 1.82) is 0 Å². The van der Waals surface area contributed by atoms with Crippen LogP contribution < -0.4 is 0 Å². The Labute approximate surface area is 87.5 Å². The molecule has 0 radical (unpaired) electrons. The van der Waals surface area contributed by atoms with Crippen molar-refractivity contribution < 1.29 is 28.4 Å². The van der Waals surface area contributed by atoms with Crippen molar-refractivity contribution in [3.63, 3.8) is 0 Å². The molecular formula is C7H14NO6P. The van der Waals surface area contributed by atoms with Crippen molar-refractivity contribution in [1.82, 2.24) is 0 Å². The molecular weight excluding hydrogens is 225 g/mol. The average molecular weight is 239 g/mol. The summed E-state index contributed by atoms with van der Waals surface area (Å²) in [4.78, 5) is 11.1. The SMILES string of the molecule is CCOP(=O)(OCC)C(=NO)C(=O)OC. The van der Waals surface area contributed by atoms with E-state index >= 15 is 0 Å². The summed E-state index contributed by atoms with van der Waals surface area (Å²) in [6.45, 7) is 3.23. The molecule has 0 spiro atoms. The minimum atomic E-state index is -3.88. The fourth-order valence-electron chi connectivity index (χ4n) is 0.798. The molecule has 7 nitrogen and oxygen atoms in total. The van der Waals surface area contributed by atoms with E-state index in [0.717, 1.165) is 7.11 Å². The predicted molar refractivity (Wildman–Crippen MR) is 52.1 cm³/mol. The smallest absolute Gasteiger partial charge is 0.390 e. The van der Waals surface area contributed by atoms with Crippen molar-refractivity contribution in [2.24, 2.45) is 5.16 Å². The van der Waals surface area contributed by atoms with Gasteiger partial charge in [0.05, 0.1) is 20.3 Å². The Morgan fingerprint density at radius 3 is 2.07 bits per heavy atom. The second kappa shape index (κ2) is 6.55. The lowest BCUT2D eigenvalue weighted by molar-refractivity contribution is -0.132. The zero-order valence-electron chi connectivity index (χ0n) is 8.80. The lowest BCUT2D eigenvalue weighted by Crippen LogP contribution is -2.19. The predicted octanol–water partition coefficient (Wildman–Crippen LogP) is 1.21. The van der Waals surface area contributed by atoms with Crippen LogP contribution in [0.5, 0.6) is 0 Å². The Kier molecular flexibility index (Phi) is 6.15. The van der Waals surface area contributed by atoms with Crippen LogP contribution in [0.4, 0.5) is 0 Å². The van der Waals surface area contributed by atoms with Gasteiger partial charge in [0, 0.05) is 0 Å². The highest BCUT2D eigenvalue weighted by Gasteiger charge is 2.38. The number of oxime groups is 1. The molecule has 0 aromatic rings. The molecule has 0 fully saturated rings. The van der Waals surface area contributed by atoms with Gasteiger partial charge in [0.2, 0.25) is 0 Å². The molecule has 0 aromatic carbocycles. The van der Waals surface area contributed by atoms with Gasteiger partial charge in [-0.05, 0) is 13.8 Å². The van der Waals surface area contributed by atoms with E-state index in [0.29, 0.717) is 0 Å². The average Bonchev–Trinajstić information content (AvgIpc) is 2.19. The quantitative estimate of drug-likeness (QED) is 0.246. The molecule has 15 heavy (non-hydrogen) atoms. The number of ether oxygens (including phenoxy) is 1. The molecule has 0 aliphatic heterocycles. The van der Waals surface area contributed by atoms with E-state index in [1.165, 1.54) is 0 Å². The van der Waals surface area contributed by atoms with Crippen LogP contribution in [0, 0.1) is 0 Å². The van der Waals surface area contributed by atoms with Gasteiger partial charge in [-0.2, -0.15) is 0 Å². The molecule has 0 heterocycles. The van der Waals surface area contributed by atoms with Crippen LogP contribution in [0.15, 0.2) is 5.16 Å². The van der Waals surface area contributed by atoms with Crippen LogP contribution in [0.25, 0.3) is 0 Å². The number of methoxy groups -OCH3 is 1. The summed E-state index contributed by atoms with van der Waals surface area (Å²) in [6, 6.07) is 0. The summed E-state index contributed by atoms with van der Waals surface area (Å²) in [5, 5.41) is 11.2. The first-order chi connectivity index (χ1) is 7.05. The molecule has 0 saturated heterocycles. The molecule has 0 atom stereocenters. The highest BCUT2D eigenvalue weighted by atomic mass is 31.2. The normalized spacial score (nSPS) is 12.6. The molecule has 0 aromatic heterocycles. The summed E-state index contributed by atoms with van der Waals surface area (Å²) in [5.41, 5.74) is -0.756. The number of nitrogens with zero attached hydrogens (tertiary/aromatic N) is 1. The third-order valence-corrected chi connectivity index (χ3v) is 3.31. The third kappa shape index (κ3) is 3.62. The van der Waals surface area contributed by atoms with E-state index in [1.54, 1.807) is 13.8 Å². The second-order valence-electron chi connectivity index (χ2n) is 2.25. The fraction of sp³-hybridized carbons (Fsp3) is 0.714. The molecule has 0 amide bonds. The Hall–Kier alpha value is -0.910. The molecule has 0 rings (SSSR count). The molecule has 0 unspecified atom stereocenters. The second-order valence-corrected chi connectivity index (χ2v) is 4.18. The van der Waals surface area contributed by atoms with E-state index in [4.69, 9.17) is 14.3 Å². The van der Waals surface area contributed by atoms with Crippen LogP contribution in [0.3, 0.4) is 0 Å². The van der Waals surface area contributed by atoms with Crippen molar-refractivity contribution in [3.8, 4) is 0 Å². The van der Waals surface area contributed by atoms with Crippen LogP contribution in [0.2, 0.25) is 0 Å². The van der Waals surface area contributed by atoms with Gasteiger partial charge >= 0.3 is 13.6 Å². The summed E-state index contributed by atoms with van der Waals surface area (Å²) in [7, 11) is -2.81. The van der Waals surface area contributed by atoms with E-state index in [2.05, 4.69) is 9.89 Å². The largest absolute Gasteiger partial charge is 0.464 e. The maximum atomic E-state index is 11.9. The van der Waals surface area contributed by atoms with E-state index in [-0.39, 0.29) is 13.2 Å². The standard InChI is InChI=1S/C7H14NO6P/c1-4-13-15(11,14-5-2)6(8-10)7(9)12-3/h10H,4-5H2,1-3H3. The summed E-state index contributed by atoms with van der Waals surface area (Å²) in [5.74, 6) is -1.05. The van der Waals surface area contributed by atoms with Crippen molar-refractivity contribution in [2.75, 3.05) is 20.3 Å². The van der Waals surface area contributed by atoms with Gasteiger partial charge in [-0.15, -0.1) is 0 Å². The van der Waals surface area contributed by atoms with Gasteiger partial charge in [-0.3, -0.25) is 4.57 Å². The third-order valence-electron chi connectivity index (χ3n) is 1.32. The summed E-state index contributed by atoms with van der Waals surface area (Å²) < 4.78 is 25.8. The number of carbonyl (C=O) groups excluding carboxylic acids is 1. The Morgan fingerprint density at radius 1 is 1.33 bits per heavy atom. The van der Waals surface area contributed by atoms with Crippen molar-refractivity contribution >= 4 is 19.0 Å². The van der Waals surface area contributed by atoms with E-state index in [1.807, 2.05) is 0 Å². The Bertz CT molecular complexity index is 279. The van der Waals surface area contributed by atoms with Gasteiger partial charge < -0.3 is 19.0 Å². The Morgan fingerprint density at radius 2 is 1.80 bits per heavy atom. The molecule has 0 aliphatic carbocycles. The van der Waals surface area contributed by atoms with Crippen LogP contribution in [-0.2, 0) is 23.1 Å². The zero-order chi connectivity index (χ0) is 11.9. The zero-order valence-corrected chi connectivity index (χ0v) is 9.69. The van der Waals surface area contributed by atoms with Gasteiger partial charge in [-0.1, -0.05) is 5.16 Å². The van der Waals surface area contributed by atoms with Gasteiger partial charge in [0.15, 0.2) is 0 Å². The van der Waals surface area contributed by atoms with E-state index in [9.17, 15) is 9.36 Å². The highest BCUT2D eigenvalue weighted by Crippen LogP contribution is 2.49. The molecule has 88 valence electrons. The maximum absolute atomic E-state index is 11.9. The molecule has 8 heteroatoms. The highest BCUT2D eigenvalue weighted by molar-refractivity contribution is 7.75. The van der Waals surface area contributed by atoms with Gasteiger partial charge in [0.1, 0.15) is 0 Å². The first-order valence-corrected chi connectivity index (χ1v) is 5.80. The minimum absolute atomic E-state index is 0.0489. The number of carbonyl (C=O) groups is 1. The lowest BCUT2D eigenvalue weighted by Gasteiger charge is -2.15. The monoisotopic (exact) mass is 239 g/mol. The summed E-state index contributed by atoms with van der Waals surface area (Å²) >= 11 is 0. The number of hydrogen-bond acceptors (Lipinski definition) is 7. The Balaban J connectivity index is 5.04. The topological polar surface area (TPSA) is 94.4 Å². The van der Waals surface area contributed by atoms with Crippen LogP contribution >= 0.6 is 7.60 Å². The van der Waals surface area contributed by atoms with Gasteiger partial charge in [0.25, 0.3) is 5.45 Å². The molecule has 1 N–H and O–H groups in total. The fourth-order valence-corrected chi connectivity index (χ4v) is 2.22.